The fourth-order valence-corrected chi connectivity index (χ4v) is 2.25. The van der Waals surface area contributed by atoms with Gasteiger partial charge in [0.1, 0.15) is 5.75 Å². The number of hydrogen-bond acceptors (Lipinski definition) is 3. The van der Waals surface area contributed by atoms with E-state index in [1.165, 1.54) is 0 Å². The molecule has 0 radical (unpaired) electrons. The van der Waals surface area contributed by atoms with Gasteiger partial charge in [0.15, 0.2) is 0 Å². The van der Waals surface area contributed by atoms with Crippen molar-refractivity contribution in [2.75, 3.05) is 12.4 Å². The lowest BCUT2D eigenvalue weighted by molar-refractivity contribution is -0.136. The standard InChI is InChI=1S/C17H19NO3/c1-12-9-15(7-8-16(12)21-2)18-11-14-6-4-3-5-13(14)10-17(19)20/h3-9,18H,10-11H2,1-2H3,(H,19,20). The molecule has 21 heavy (non-hydrogen) atoms. The summed E-state index contributed by atoms with van der Waals surface area (Å²) < 4.78 is 5.23. The highest BCUT2D eigenvalue weighted by atomic mass is 16.5. The van der Waals surface area contributed by atoms with E-state index < -0.39 is 5.97 Å². The van der Waals surface area contributed by atoms with Crippen molar-refractivity contribution in [2.24, 2.45) is 0 Å². The predicted molar refractivity (Wildman–Crippen MR) is 82.8 cm³/mol. The van der Waals surface area contributed by atoms with E-state index in [4.69, 9.17) is 9.84 Å². The minimum Gasteiger partial charge on any atom is -0.496 e. The number of rotatable bonds is 6. The SMILES string of the molecule is COc1ccc(NCc2ccccc2CC(=O)O)cc1C. The number of methoxy groups -OCH3 is 1. The summed E-state index contributed by atoms with van der Waals surface area (Å²) in [7, 11) is 1.65. The molecule has 0 fully saturated rings. The molecule has 0 bridgehead atoms. The summed E-state index contributed by atoms with van der Waals surface area (Å²) in [6.07, 6.45) is 0.0412. The number of carboxylic acid groups (broad SMARTS) is 1. The van der Waals surface area contributed by atoms with Gasteiger partial charge < -0.3 is 15.2 Å². The number of ether oxygens (including phenoxy) is 1. The molecule has 0 saturated carbocycles. The third-order valence-electron chi connectivity index (χ3n) is 3.34. The minimum absolute atomic E-state index is 0.0412. The lowest BCUT2D eigenvalue weighted by atomic mass is 10.0. The maximum absolute atomic E-state index is 10.9. The molecule has 2 aromatic rings. The first kappa shape index (κ1) is 14.9. The van der Waals surface area contributed by atoms with Gasteiger partial charge in [-0.25, -0.2) is 0 Å². The van der Waals surface area contributed by atoms with Crippen molar-refractivity contribution in [3.63, 3.8) is 0 Å². The molecule has 110 valence electrons. The zero-order valence-corrected chi connectivity index (χ0v) is 12.2. The minimum atomic E-state index is -0.817. The largest absolute Gasteiger partial charge is 0.496 e. The van der Waals surface area contributed by atoms with Gasteiger partial charge in [-0.1, -0.05) is 24.3 Å². The molecule has 0 aromatic heterocycles. The van der Waals surface area contributed by atoms with Crippen molar-refractivity contribution in [3.05, 3.63) is 59.2 Å². The molecule has 0 saturated heterocycles. The molecule has 0 unspecified atom stereocenters. The van der Waals surface area contributed by atoms with Gasteiger partial charge in [-0.15, -0.1) is 0 Å². The molecule has 0 aliphatic carbocycles. The third kappa shape index (κ3) is 3.99. The average molecular weight is 285 g/mol. The molecule has 0 amide bonds. The number of carboxylic acids is 1. The summed E-state index contributed by atoms with van der Waals surface area (Å²) in [5.74, 6) is 0.0366. The second-order valence-corrected chi connectivity index (χ2v) is 4.88. The Morgan fingerprint density at radius 3 is 2.52 bits per heavy atom. The maximum Gasteiger partial charge on any atom is 0.307 e. The van der Waals surface area contributed by atoms with Gasteiger partial charge in [0.05, 0.1) is 13.5 Å². The smallest absolute Gasteiger partial charge is 0.307 e. The van der Waals surface area contributed by atoms with Gasteiger partial charge >= 0.3 is 5.97 Å². The van der Waals surface area contributed by atoms with Crippen molar-refractivity contribution >= 4 is 11.7 Å². The van der Waals surface area contributed by atoms with E-state index in [1.54, 1.807) is 7.11 Å². The van der Waals surface area contributed by atoms with Gasteiger partial charge in [0, 0.05) is 12.2 Å². The van der Waals surface area contributed by atoms with Gasteiger partial charge in [-0.2, -0.15) is 0 Å². The van der Waals surface area contributed by atoms with Crippen molar-refractivity contribution in [1.29, 1.82) is 0 Å². The van der Waals surface area contributed by atoms with E-state index in [-0.39, 0.29) is 6.42 Å². The molecule has 0 spiro atoms. The molecule has 4 heteroatoms. The van der Waals surface area contributed by atoms with Gasteiger partial charge in [0.25, 0.3) is 0 Å². The summed E-state index contributed by atoms with van der Waals surface area (Å²) in [4.78, 5) is 10.9. The highest BCUT2D eigenvalue weighted by Gasteiger charge is 2.06. The topological polar surface area (TPSA) is 58.6 Å². The van der Waals surface area contributed by atoms with Crippen LogP contribution in [0.5, 0.6) is 5.75 Å². The highest BCUT2D eigenvalue weighted by Crippen LogP contribution is 2.22. The molecule has 2 N–H and O–H groups in total. The summed E-state index contributed by atoms with van der Waals surface area (Å²) >= 11 is 0. The van der Waals surface area contributed by atoms with Crippen molar-refractivity contribution in [3.8, 4) is 5.75 Å². The molecule has 4 nitrogen and oxygen atoms in total. The Bertz CT molecular complexity index is 638. The lowest BCUT2D eigenvalue weighted by Crippen LogP contribution is -2.07. The van der Waals surface area contributed by atoms with E-state index in [9.17, 15) is 4.79 Å². The Morgan fingerprint density at radius 2 is 1.90 bits per heavy atom. The monoisotopic (exact) mass is 285 g/mol. The van der Waals surface area contributed by atoms with E-state index >= 15 is 0 Å². The van der Waals surface area contributed by atoms with E-state index in [0.717, 1.165) is 28.1 Å². The number of carbonyl (C=O) groups is 1. The molecular weight excluding hydrogens is 266 g/mol. The predicted octanol–water partition coefficient (Wildman–Crippen LogP) is 3.24. The Kier molecular flexibility index (Phi) is 4.82. The molecule has 0 heterocycles. The Balaban J connectivity index is 2.09. The normalized spacial score (nSPS) is 10.2. The van der Waals surface area contributed by atoms with E-state index in [0.29, 0.717) is 6.54 Å². The van der Waals surface area contributed by atoms with Crippen LogP contribution in [0.1, 0.15) is 16.7 Å². The molecule has 0 atom stereocenters. The van der Waals surface area contributed by atoms with Crippen LogP contribution in [0, 0.1) is 6.92 Å². The van der Waals surface area contributed by atoms with Crippen LogP contribution < -0.4 is 10.1 Å². The van der Waals surface area contributed by atoms with Gasteiger partial charge in [-0.3, -0.25) is 4.79 Å². The maximum atomic E-state index is 10.9. The van der Waals surface area contributed by atoms with Crippen LogP contribution in [0.15, 0.2) is 42.5 Å². The number of aryl methyl sites for hydroxylation is 1. The molecule has 0 aliphatic rings. The van der Waals surface area contributed by atoms with Gasteiger partial charge in [-0.05, 0) is 41.8 Å². The first-order valence-corrected chi connectivity index (χ1v) is 6.77. The fourth-order valence-electron chi connectivity index (χ4n) is 2.25. The Labute approximate surface area is 124 Å². The van der Waals surface area contributed by atoms with Crippen LogP contribution in [-0.2, 0) is 17.8 Å². The van der Waals surface area contributed by atoms with Crippen molar-refractivity contribution in [2.45, 2.75) is 19.9 Å². The molecule has 0 aliphatic heterocycles. The first-order valence-electron chi connectivity index (χ1n) is 6.77. The second-order valence-electron chi connectivity index (χ2n) is 4.88. The fraction of sp³-hybridized carbons (Fsp3) is 0.235. The number of aliphatic carboxylic acids is 1. The summed E-state index contributed by atoms with van der Waals surface area (Å²) in [6.45, 7) is 2.58. The summed E-state index contributed by atoms with van der Waals surface area (Å²) in [6, 6.07) is 13.5. The number of hydrogen-bond donors (Lipinski definition) is 2. The zero-order chi connectivity index (χ0) is 15.2. The Morgan fingerprint density at radius 1 is 1.19 bits per heavy atom. The summed E-state index contributed by atoms with van der Waals surface area (Å²) in [5.41, 5.74) is 3.87. The second kappa shape index (κ2) is 6.79. The van der Waals surface area contributed by atoms with Crippen LogP contribution in [0.4, 0.5) is 5.69 Å². The molecule has 2 aromatic carbocycles. The van der Waals surface area contributed by atoms with Crippen molar-refractivity contribution < 1.29 is 14.6 Å². The third-order valence-corrected chi connectivity index (χ3v) is 3.34. The molecular formula is C17H19NO3. The quantitative estimate of drug-likeness (QED) is 0.855. The highest BCUT2D eigenvalue weighted by molar-refractivity contribution is 5.70. The molecule has 2 rings (SSSR count). The van der Waals surface area contributed by atoms with E-state index in [2.05, 4.69) is 5.32 Å². The summed E-state index contributed by atoms with van der Waals surface area (Å²) in [5, 5.41) is 12.3. The lowest BCUT2D eigenvalue weighted by Gasteiger charge is -2.12. The van der Waals surface area contributed by atoms with Gasteiger partial charge in [0.2, 0.25) is 0 Å². The number of nitrogens with one attached hydrogen (secondary N) is 1. The van der Waals surface area contributed by atoms with Crippen LogP contribution >= 0.6 is 0 Å². The van der Waals surface area contributed by atoms with Crippen LogP contribution in [0.25, 0.3) is 0 Å². The van der Waals surface area contributed by atoms with Crippen molar-refractivity contribution in [1.82, 2.24) is 0 Å². The number of benzene rings is 2. The van der Waals surface area contributed by atoms with E-state index in [1.807, 2.05) is 49.4 Å². The Hall–Kier alpha value is -2.49. The van der Waals surface area contributed by atoms with Crippen LogP contribution in [0.3, 0.4) is 0 Å². The zero-order valence-electron chi connectivity index (χ0n) is 12.2. The average Bonchev–Trinajstić information content (AvgIpc) is 2.46. The van der Waals surface area contributed by atoms with Crippen LogP contribution in [0.2, 0.25) is 0 Å². The van der Waals surface area contributed by atoms with Crippen LogP contribution in [-0.4, -0.2) is 18.2 Å². The number of anilines is 1. The first-order chi connectivity index (χ1) is 10.1.